The van der Waals surface area contributed by atoms with Gasteiger partial charge >= 0.3 is 6.09 Å². The molecule has 2 amide bonds. The number of fused-ring (bicyclic) bond motifs is 5. The van der Waals surface area contributed by atoms with Gasteiger partial charge in [0.25, 0.3) is 17.4 Å². The van der Waals surface area contributed by atoms with Crippen LogP contribution in [0.4, 0.5) is 4.79 Å². The van der Waals surface area contributed by atoms with Gasteiger partial charge in [0.15, 0.2) is 0 Å². The minimum atomic E-state index is -0.835. The molecular weight excluding hydrogens is 582 g/mol. The van der Waals surface area contributed by atoms with Gasteiger partial charge in [-0.15, -0.1) is 0 Å². The van der Waals surface area contributed by atoms with Crippen molar-refractivity contribution in [2.75, 3.05) is 0 Å². The van der Waals surface area contributed by atoms with E-state index in [9.17, 15) is 19.2 Å². The van der Waals surface area contributed by atoms with E-state index in [1.54, 1.807) is 74.0 Å². The second-order valence-electron chi connectivity index (χ2n) is 13.1. The molecule has 2 aromatic heterocycles. The molecule has 6 rings (SSSR count). The molecule has 0 saturated heterocycles. The van der Waals surface area contributed by atoms with Crippen LogP contribution in [-0.2, 0) is 11.2 Å². The van der Waals surface area contributed by atoms with Crippen molar-refractivity contribution in [1.29, 1.82) is 0 Å². The fraction of sp³-hybridized carbons (Fsp3) is 0.306. The van der Waals surface area contributed by atoms with Gasteiger partial charge in [0.05, 0.1) is 33.7 Å². The summed E-state index contributed by atoms with van der Waals surface area (Å²) in [4.78, 5) is 59.3. The van der Waals surface area contributed by atoms with E-state index in [4.69, 9.17) is 9.72 Å². The third-order valence-electron chi connectivity index (χ3n) is 7.96. The number of nitrogens with one attached hydrogen (secondary N) is 2. The van der Waals surface area contributed by atoms with E-state index >= 15 is 0 Å². The van der Waals surface area contributed by atoms with E-state index in [0.717, 1.165) is 10.9 Å². The van der Waals surface area contributed by atoms with Gasteiger partial charge in [-0.3, -0.25) is 23.5 Å². The van der Waals surface area contributed by atoms with Crippen LogP contribution in [0.2, 0.25) is 0 Å². The van der Waals surface area contributed by atoms with Crippen molar-refractivity contribution in [3.05, 3.63) is 106 Å². The molecule has 3 heterocycles. The Kier molecular flexibility index (Phi) is 7.97. The quantitative estimate of drug-likeness (QED) is 0.242. The maximum Gasteiger partial charge on any atom is 0.408 e. The van der Waals surface area contributed by atoms with Crippen molar-refractivity contribution in [2.45, 2.75) is 65.1 Å². The molecule has 0 fully saturated rings. The molecule has 1 unspecified atom stereocenters. The summed E-state index contributed by atoms with van der Waals surface area (Å²) in [6.07, 6.45) is 1.75. The summed E-state index contributed by atoms with van der Waals surface area (Å²) in [5.74, 6) is -0.119. The third-order valence-corrected chi connectivity index (χ3v) is 7.96. The first kappa shape index (κ1) is 30.8. The Morgan fingerprint density at radius 1 is 0.957 bits per heavy atom. The lowest BCUT2D eigenvalue weighted by Crippen LogP contribution is -2.45. The number of carbonyl (C=O) groups excluding carboxylic acids is 3. The lowest BCUT2D eigenvalue weighted by atomic mass is 10.0. The molecule has 2 N–H and O–H groups in total. The molecule has 0 radical (unpaired) electrons. The number of rotatable bonds is 6. The average molecular weight is 620 g/mol. The molecule has 1 aliphatic rings. The first-order valence-corrected chi connectivity index (χ1v) is 15.5. The molecule has 2 atom stereocenters. The second kappa shape index (κ2) is 11.9. The number of amides is 2. The predicted octanol–water partition coefficient (Wildman–Crippen LogP) is 5.95. The Balaban J connectivity index is 1.44. The highest BCUT2D eigenvalue weighted by atomic mass is 16.6. The molecule has 0 aliphatic carbocycles. The molecule has 1 aliphatic heterocycles. The van der Waals surface area contributed by atoms with E-state index in [-0.39, 0.29) is 29.7 Å². The molecule has 0 spiro atoms. The van der Waals surface area contributed by atoms with Gasteiger partial charge < -0.3 is 15.4 Å². The maximum atomic E-state index is 14.1. The van der Waals surface area contributed by atoms with Crippen molar-refractivity contribution in [3.63, 3.8) is 0 Å². The highest BCUT2D eigenvalue weighted by Gasteiger charge is 2.32. The van der Waals surface area contributed by atoms with Crippen LogP contribution in [-0.4, -0.2) is 43.7 Å². The normalized spacial score (nSPS) is 15.2. The van der Waals surface area contributed by atoms with Gasteiger partial charge in [-0.1, -0.05) is 56.3 Å². The number of ether oxygens (including phenoxy) is 1. The van der Waals surface area contributed by atoms with Crippen molar-refractivity contribution in [1.82, 2.24) is 24.8 Å². The van der Waals surface area contributed by atoms with E-state index in [2.05, 4.69) is 10.6 Å². The first-order chi connectivity index (χ1) is 21.9. The van der Waals surface area contributed by atoms with Gasteiger partial charge in [-0.2, -0.15) is 0 Å². The number of nitrogens with zero attached hydrogens (tertiary/aromatic N) is 3. The summed E-state index contributed by atoms with van der Waals surface area (Å²) < 4.78 is 8.55. The number of hydrogen-bond acceptors (Lipinski definition) is 6. The summed E-state index contributed by atoms with van der Waals surface area (Å²) >= 11 is 0. The van der Waals surface area contributed by atoms with Crippen LogP contribution >= 0.6 is 0 Å². The molecule has 236 valence electrons. The van der Waals surface area contributed by atoms with Crippen LogP contribution < -0.4 is 16.2 Å². The SMILES string of the molecule is CC(C)C[C@H](NC(=O)OC(C)(C)C)C(=O)n1cc(CC2NC(=O)c3ccccc3-n3c2nc2ccccc2c3=O)c2ccccc21. The number of carbonyl (C=O) groups is 3. The lowest BCUT2D eigenvalue weighted by Gasteiger charge is -2.24. The first-order valence-electron chi connectivity index (χ1n) is 15.5. The highest BCUT2D eigenvalue weighted by Crippen LogP contribution is 2.31. The van der Waals surface area contributed by atoms with E-state index < -0.39 is 23.8 Å². The van der Waals surface area contributed by atoms with Crippen molar-refractivity contribution < 1.29 is 19.1 Å². The molecule has 46 heavy (non-hydrogen) atoms. The minimum Gasteiger partial charge on any atom is -0.444 e. The maximum absolute atomic E-state index is 14.1. The molecule has 0 bridgehead atoms. The molecule has 10 heteroatoms. The number of aromatic nitrogens is 3. The van der Waals surface area contributed by atoms with Crippen molar-refractivity contribution in [2.24, 2.45) is 5.92 Å². The second-order valence-corrected chi connectivity index (χ2v) is 13.1. The standard InChI is InChI=1S/C36H37N5O5/c1-21(2)18-28(39-35(45)46-36(3,4)5)34(44)40-20-22(23-12-7-10-16-29(23)40)19-27-31-37-26-15-9-6-13-24(26)33(43)41(31)30-17-11-8-14-25(30)32(42)38-27/h6-17,20-21,27-28H,18-19H2,1-5H3,(H,38,42)(H,39,45)/t27?,28-/m0/s1. The lowest BCUT2D eigenvalue weighted by molar-refractivity contribution is 0.0475. The molecular formula is C36H37N5O5. The molecule has 3 aromatic carbocycles. The Labute approximate surface area is 266 Å². The van der Waals surface area contributed by atoms with Crippen molar-refractivity contribution in [3.8, 4) is 5.69 Å². The van der Waals surface area contributed by atoms with E-state index in [1.807, 2.05) is 44.2 Å². The molecule has 5 aromatic rings. The smallest absolute Gasteiger partial charge is 0.408 e. The van der Waals surface area contributed by atoms with Crippen LogP contribution in [0, 0.1) is 5.92 Å². The summed E-state index contributed by atoms with van der Waals surface area (Å²) in [5.41, 5.74) is 1.81. The topological polar surface area (TPSA) is 124 Å². The Morgan fingerprint density at radius 2 is 1.63 bits per heavy atom. The van der Waals surface area contributed by atoms with Crippen LogP contribution in [0.5, 0.6) is 0 Å². The molecule has 10 nitrogen and oxygen atoms in total. The Bertz CT molecular complexity index is 2050. The average Bonchev–Trinajstić information content (AvgIpc) is 3.31. The van der Waals surface area contributed by atoms with Crippen LogP contribution in [0.3, 0.4) is 0 Å². The fourth-order valence-electron chi connectivity index (χ4n) is 6.05. The highest BCUT2D eigenvalue weighted by molar-refractivity contribution is 6.00. The van der Waals surface area contributed by atoms with Crippen LogP contribution in [0.1, 0.15) is 73.6 Å². The summed E-state index contributed by atoms with van der Waals surface area (Å²) in [6.45, 7) is 9.28. The van der Waals surface area contributed by atoms with Gasteiger partial charge in [0.2, 0.25) is 0 Å². The number of hydrogen-bond donors (Lipinski definition) is 2. The monoisotopic (exact) mass is 619 g/mol. The van der Waals surface area contributed by atoms with E-state index in [0.29, 0.717) is 39.9 Å². The number of benzene rings is 3. The minimum absolute atomic E-state index is 0.115. The van der Waals surface area contributed by atoms with Crippen LogP contribution in [0.25, 0.3) is 27.5 Å². The van der Waals surface area contributed by atoms with Crippen LogP contribution in [0.15, 0.2) is 83.8 Å². The van der Waals surface area contributed by atoms with Gasteiger partial charge in [0.1, 0.15) is 17.5 Å². The van der Waals surface area contributed by atoms with E-state index in [1.165, 1.54) is 4.57 Å². The Morgan fingerprint density at radius 3 is 2.37 bits per heavy atom. The zero-order chi connectivity index (χ0) is 32.7. The molecule has 0 saturated carbocycles. The summed E-state index contributed by atoms with van der Waals surface area (Å²) in [6, 6.07) is 20.1. The van der Waals surface area contributed by atoms with Gasteiger partial charge in [-0.05, 0) is 69.0 Å². The Hall–Kier alpha value is -5.25. The van der Waals surface area contributed by atoms with Gasteiger partial charge in [0, 0.05) is 18.0 Å². The number of alkyl carbamates (subject to hydrolysis) is 1. The third kappa shape index (κ3) is 5.90. The number of para-hydroxylation sites is 3. The zero-order valence-electron chi connectivity index (χ0n) is 26.5. The predicted molar refractivity (Wildman–Crippen MR) is 176 cm³/mol. The zero-order valence-corrected chi connectivity index (χ0v) is 26.5. The largest absolute Gasteiger partial charge is 0.444 e. The fourth-order valence-corrected chi connectivity index (χ4v) is 6.05. The van der Waals surface area contributed by atoms with Crippen molar-refractivity contribution >= 4 is 39.7 Å². The summed E-state index contributed by atoms with van der Waals surface area (Å²) in [5, 5.41) is 7.14. The van der Waals surface area contributed by atoms with Gasteiger partial charge in [-0.25, -0.2) is 9.78 Å². The summed E-state index contributed by atoms with van der Waals surface area (Å²) in [7, 11) is 0.